The summed E-state index contributed by atoms with van der Waals surface area (Å²) in [7, 11) is -3.49. The molecule has 2 aliphatic rings. The standard InChI is InChI=1S/C18H27N3O3S/c1-13(12-14-6-7-14)19-18(22)20-15-8-10-17(11-9-15)25(23,24)21-16-4-2-3-5-16/h8-11,13-14,16,21H,2-7,12H2,1H3,(H2,19,20,22). The van der Waals surface area contributed by atoms with Gasteiger partial charge in [0.05, 0.1) is 4.90 Å². The molecule has 0 saturated heterocycles. The van der Waals surface area contributed by atoms with Gasteiger partial charge >= 0.3 is 6.03 Å². The van der Waals surface area contributed by atoms with Crippen molar-refractivity contribution in [3.8, 4) is 0 Å². The fourth-order valence-electron chi connectivity index (χ4n) is 3.35. The van der Waals surface area contributed by atoms with E-state index in [4.69, 9.17) is 0 Å². The number of hydrogen-bond acceptors (Lipinski definition) is 3. The average Bonchev–Trinajstić information content (AvgIpc) is 3.20. The van der Waals surface area contributed by atoms with Gasteiger partial charge < -0.3 is 10.6 Å². The summed E-state index contributed by atoms with van der Waals surface area (Å²) in [6, 6.07) is 6.22. The molecule has 138 valence electrons. The van der Waals surface area contributed by atoms with Crippen LogP contribution in [0.5, 0.6) is 0 Å². The predicted molar refractivity (Wildman–Crippen MR) is 98.0 cm³/mol. The minimum absolute atomic E-state index is 0.0431. The Balaban J connectivity index is 1.53. The summed E-state index contributed by atoms with van der Waals surface area (Å²) in [5.74, 6) is 0.757. The molecule has 1 aromatic carbocycles. The first-order valence-corrected chi connectivity index (χ1v) is 10.6. The van der Waals surface area contributed by atoms with Gasteiger partial charge in [-0.25, -0.2) is 17.9 Å². The summed E-state index contributed by atoms with van der Waals surface area (Å²) in [5.41, 5.74) is 0.580. The van der Waals surface area contributed by atoms with Crippen molar-refractivity contribution >= 4 is 21.7 Å². The maximum absolute atomic E-state index is 12.4. The minimum Gasteiger partial charge on any atom is -0.335 e. The first-order valence-electron chi connectivity index (χ1n) is 9.12. The van der Waals surface area contributed by atoms with E-state index in [0.29, 0.717) is 5.69 Å². The van der Waals surface area contributed by atoms with Crippen LogP contribution in [0.1, 0.15) is 51.9 Å². The topological polar surface area (TPSA) is 87.3 Å². The lowest BCUT2D eigenvalue weighted by Crippen LogP contribution is -2.36. The summed E-state index contributed by atoms with van der Waals surface area (Å²) >= 11 is 0. The normalized spacial score (nSPS) is 19.6. The molecule has 6 nitrogen and oxygen atoms in total. The Labute approximate surface area is 149 Å². The molecule has 1 unspecified atom stereocenters. The van der Waals surface area contributed by atoms with E-state index in [1.165, 1.54) is 25.0 Å². The molecule has 2 saturated carbocycles. The molecule has 0 spiro atoms. The highest BCUT2D eigenvalue weighted by molar-refractivity contribution is 7.89. The van der Waals surface area contributed by atoms with Gasteiger partial charge in [-0.05, 0) is 56.4 Å². The fraction of sp³-hybridized carbons (Fsp3) is 0.611. The van der Waals surface area contributed by atoms with Crippen molar-refractivity contribution in [2.24, 2.45) is 5.92 Å². The van der Waals surface area contributed by atoms with E-state index in [2.05, 4.69) is 15.4 Å². The first kappa shape index (κ1) is 18.2. The molecule has 2 fully saturated rings. The molecule has 2 aliphatic carbocycles. The zero-order chi connectivity index (χ0) is 17.9. The number of anilines is 1. The Kier molecular flexibility index (Phi) is 5.64. The van der Waals surface area contributed by atoms with Gasteiger partial charge in [0.1, 0.15) is 0 Å². The number of benzene rings is 1. The van der Waals surface area contributed by atoms with Crippen LogP contribution in [0.15, 0.2) is 29.2 Å². The number of amides is 2. The molecule has 0 radical (unpaired) electrons. The fourth-order valence-corrected chi connectivity index (χ4v) is 4.66. The van der Waals surface area contributed by atoms with E-state index in [0.717, 1.165) is 38.0 Å². The van der Waals surface area contributed by atoms with Crippen molar-refractivity contribution in [2.45, 2.75) is 68.8 Å². The van der Waals surface area contributed by atoms with Crippen molar-refractivity contribution in [1.29, 1.82) is 0 Å². The summed E-state index contributed by atoms with van der Waals surface area (Å²) in [4.78, 5) is 12.2. The Morgan fingerprint density at radius 2 is 1.76 bits per heavy atom. The van der Waals surface area contributed by atoms with Gasteiger partial charge in [0.15, 0.2) is 0 Å². The van der Waals surface area contributed by atoms with Crippen LogP contribution < -0.4 is 15.4 Å². The van der Waals surface area contributed by atoms with Crippen molar-refractivity contribution in [3.05, 3.63) is 24.3 Å². The molecule has 3 N–H and O–H groups in total. The second kappa shape index (κ2) is 7.74. The van der Waals surface area contributed by atoms with Crippen molar-refractivity contribution in [3.63, 3.8) is 0 Å². The molecule has 0 aromatic heterocycles. The van der Waals surface area contributed by atoms with Crippen LogP contribution in [0.4, 0.5) is 10.5 Å². The van der Waals surface area contributed by atoms with Crippen LogP contribution in [0.25, 0.3) is 0 Å². The van der Waals surface area contributed by atoms with E-state index < -0.39 is 10.0 Å². The van der Waals surface area contributed by atoms with Gasteiger partial charge in [-0.1, -0.05) is 25.7 Å². The first-order chi connectivity index (χ1) is 11.9. The maximum atomic E-state index is 12.4. The van der Waals surface area contributed by atoms with Crippen LogP contribution in [-0.4, -0.2) is 26.5 Å². The van der Waals surface area contributed by atoms with Crippen LogP contribution in [0.2, 0.25) is 0 Å². The molecular formula is C18H27N3O3S. The Morgan fingerprint density at radius 3 is 2.36 bits per heavy atom. The highest BCUT2D eigenvalue weighted by Crippen LogP contribution is 2.33. The number of nitrogens with one attached hydrogen (secondary N) is 3. The van der Waals surface area contributed by atoms with E-state index in [9.17, 15) is 13.2 Å². The monoisotopic (exact) mass is 365 g/mol. The van der Waals surface area contributed by atoms with E-state index in [1.807, 2.05) is 6.92 Å². The van der Waals surface area contributed by atoms with E-state index in [-0.39, 0.29) is 23.0 Å². The van der Waals surface area contributed by atoms with Gasteiger partial charge in [-0.15, -0.1) is 0 Å². The third-order valence-electron chi connectivity index (χ3n) is 4.86. The quantitative estimate of drug-likeness (QED) is 0.693. The SMILES string of the molecule is CC(CC1CC1)NC(=O)Nc1ccc(S(=O)(=O)NC2CCCC2)cc1. The average molecular weight is 365 g/mol. The van der Waals surface area contributed by atoms with Crippen molar-refractivity contribution < 1.29 is 13.2 Å². The summed E-state index contributed by atoms with van der Waals surface area (Å²) in [6.07, 6.45) is 7.49. The lowest BCUT2D eigenvalue weighted by Gasteiger charge is -2.15. The number of hydrogen-bond donors (Lipinski definition) is 3. The summed E-state index contributed by atoms with van der Waals surface area (Å²) < 4.78 is 27.5. The lowest BCUT2D eigenvalue weighted by molar-refractivity contribution is 0.248. The minimum atomic E-state index is -3.49. The number of sulfonamides is 1. The van der Waals surface area contributed by atoms with Crippen LogP contribution in [-0.2, 0) is 10.0 Å². The molecule has 7 heteroatoms. The Bertz CT molecular complexity index is 693. The molecule has 2 amide bonds. The molecule has 0 bridgehead atoms. The molecule has 25 heavy (non-hydrogen) atoms. The van der Waals surface area contributed by atoms with Crippen LogP contribution in [0, 0.1) is 5.92 Å². The molecule has 1 atom stereocenters. The zero-order valence-corrected chi connectivity index (χ0v) is 15.4. The van der Waals surface area contributed by atoms with Crippen LogP contribution in [0.3, 0.4) is 0 Å². The van der Waals surface area contributed by atoms with Crippen molar-refractivity contribution in [1.82, 2.24) is 10.0 Å². The third kappa shape index (κ3) is 5.44. The van der Waals surface area contributed by atoms with Gasteiger partial charge in [0.2, 0.25) is 10.0 Å². The van der Waals surface area contributed by atoms with E-state index in [1.54, 1.807) is 12.1 Å². The zero-order valence-electron chi connectivity index (χ0n) is 14.6. The van der Waals surface area contributed by atoms with Gasteiger partial charge in [0.25, 0.3) is 0 Å². The van der Waals surface area contributed by atoms with Gasteiger partial charge in [0, 0.05) is 17.8 Å². The molecule has 0 heterocycles. The molecule has 1 aromatic rings. The van der Waals surface area contributed by atoms with Crippen molar-refractivity contribution in [2.75, 3.05) is 5.32 Å². The predicted octanol–water partition coefficient (Wildman–Crippen LogP) is 3.22. The number of carbonyl (C=O) groups is 1. The summed E-state index contributed by atoms with van der Waals surface area (Å²) in [6.45, 7) is 2.00. The highest BCUT2D eigenvalue weighted by atomic mass is 32.2. The second-order valence-electron chi connectivity index (χ2n) is 7.31. The Morgan fingerprint density at radius 1 is 1.12 bits per heavy atom. The smallest absolute Gasteiger partial charge is 0.319 e. The van der Waals surface area contributed by atoms with Crippen LogP contribution >= 0.6 is 0 Å². The molecule has 3 rings (SSSR count). The molecular weight excluding hydrogens is 338 g/mol. The summed E-state index contributed by atoms with van der Waals surface area (Å²) in [5, 5.41) is 5.67. The number of urea groups is 1. The highest BCUT2D eigenvalue weighted by Gasteiger charge is 2.24. The number of rotatable bonds is 7. The van der Waals surface area contributed by atoms with Gasteiger partial charge in [-0.2, -0.15) is 0 Å². The lowest BCUT2D eigenvalue weighted by atomic mass is 10.2. The maximum Gasteiger partial charge on any atom is 0.319 e. The van der Waals surface area contributed by atoms with Gasteiger partial charge in [-0.3, -0.25) is 0 Å². The number of carbonyl (C=O) groups excluding carboxylic acids is 1. The second-order valence-corrected chi connectivity index (χ2v) is 9.02. The Hall–Kier alpha value is -1.60. The molecule has 0 aliphatic heterocycles. The third-order valence-corrected chi connectivity index (χ3v) is 6.40. The largest absolute Gasteiger partial charge is 0.335 e. The van der Waals surface area contributed by atoms with E-state index >= 15 is 0 Å².